The van der Waals surface area contributed by atoms with E-state index in [0.717, 1.165) is 0 Å². The number of carbonyl (C=O) groups is 1. The van der Waals surface area contributed by atoms with Crippen molar-refractivity contribution in [3.8, 4) is 5.82 Å². The van der Waals surface area contributed by atoms with Gasteiger partial charge in [-0.2, -0.15) is 0 Å². The average molecular weight is 274 g/mol. The zero-order valence-electron chi connectivity index (χ0n) is 11.5. The summed E-state index contributed by atoms with van der Waals surface area (Å²) >= 11 is 0. The Hall–Kier alpha value is -2.21. The maximum atomic E-state index is 12.0. The number of aromatic nitrogens is 3. The summed E-state index contributed by atoms with van der Waals surface area (Å²) in [5.41, 5.74) is 0.492. The minimum Gasteiger partial charge on any atom is -0.393 e. The Bertz CT molecular complexity index is 549. The summed E-state index contributed by atoms with van der Waals surface area (Å²) in [4.78, 5) is 20.1. The topological polar surface area (TPSA) is 80.0 Å². The van der Waals surface area contributed by atoms with Crippen LogP contribution in [0, 0.1) is 0 Å². The van der Waals surface area contributed by atoms with Gasteiger partial charge < -0.3 is 10.4 Å². The fraction of sp³-hybridized carbons (Fsp3) is 0.357. The lowest BCUT2D eigenvalue weighted by Crippen LogP contribution is -2.34. The van der Waals surface area contributed by atoms with Crippen molar-refractivity contribution < 1.29 is 9.90 Å². The highest BCUT2D eigenvalue weighted by Gasteiger charge is 2.12. The third-order valence-corrected chi connectivity index (χ3v) is 2.85. The first-order valence-corrected chi connectivity index (χ1v) is 6.49. The molecule has 0 aromatic carbocycles. The van der Waals surface area contributed by atoms with Gasteiger partial charge in [-0.05, 0) is 32.4 Å². The maximum Gasteiger partial charge on any atom is 0.253 e. The number of hydrogen-bond acceptors (Lipinski definition) is 4. The van der Waals surface area contributed by atoms with Crippen LogP contribution < -0.4 is 5.32 Å². The molecule has 2 aromatic rings. The Morgan fingerprint density at radius 2 is 2.25 bits per heavy atom. The molecule has 2 rings (SSSR count). The third kappa shape index (κ3) is 3.64. The van der Waals surface area contributed by atoms with Crippen LogP contribution in [-0.4, -0.2) is 37.7 Å². The average Bonchev–Trinajstić information content (AvgIpc) is 2.91. The fourth-order valence-corrected chi connectivity index (χ4v) is 1.95. The monoisotopic (exact) mass is 274 g/mol. The van der Waals surface area contributed by atoms with E-state index in [-0.39, 0.29) is 11.9 Å². The zero-order valence-corrected chi connectivity index (χ0v) is 11.5. The van der Waals surface area contributed by atoms with Crippen LogP contribution in [-0.2, 0) is 0 Å². The van der Waals surface area contributed by atoms with Gasteiger partial charge in [0.05, 0.1) is 11.7 Å². The Morgan fingerprint density at radius 3 is 2.80 bits per heavy atom. The first-order valence-electron chi connectivity index (χ1n) is 6.49. The van der Waals surface area contributed by atoms with Crippen LogP contribution in [0.5, 0.6) is 0 Å². The molecule has 2 atom stereocenters. The minimum absolute atomic E-state index is 0.0872. The molecule has 0 fully saturated rings. The molecule has 0 aliphatic heterocycles. The number of aliphatic hydroxyl groups is 1. The van der Waals surface area contributed by atoms with Gasteiger partial charge in [-0.15, -0.1) is 0 Å². The maximum absolute atomic E-state index is 12.0. The molecular weight excluding hydrogens is 256 g/mol. The molecule has 0 aliphatic carbocycles. The molecule has 20 heavy (non-hydrogen) atoms. The number of nitrogens with zero attached hydrogens (tertiary/aromatic N) is 3. The predicted molar refractivity (Wildman–Crippen MR) is 74.6 cm³/mol. The summed E-state index contributed by atoms with van der Waals surface area (Å²) < 4.78 is 1.76. The molecule has 106 valence electrons. The summed E-state index contributed by atoms with van der Waals surface area (Å²) in [6.07, 6.45) is 6.71. The van der Waals surface area contributed by atoms with Gasteiger partial charge in [-0.3, -0.25) is 9.36 Å². The van der Waals surface area contributed by atoms with E-state index in [9.17, 15) is 9.90 Å². The lowest BCUT2D eigenvalue weighted by atomic mass is 10.1. The summed E-state index contributed by atoms with van der Waals surface area (Å²) in [6.45, 7) is 3.56. The van der Waals surface area contributed by atoms with Crippen molar-refractivity contribution in [2.24, 2.45) is 0 Å². The summed E-state index contributed by atoms with van der Waals surface area (Å²) in [6, 6.07) is 3.39. The second kappa shape index (κ2) is 6.29. The molecule has 6 heteroatoms. The fourth-order valence-electron chi connectivity index (χ4n) is 1.95. The standard InChI is InChI=1S/C14H18N4O2/c1-10(7-11(2)19)17-14(20)12-3-4-13(16-8-12)18-6-5-15-9-18/h3-6,8-11,19H,7H2,1-2H3,(H,17,20). The predicted octanol–water partition coefficient (Wildman–Crippen LogP) is 1.16. The molecular formula is C14H18N4O2. The molecule has 2 aromatic heterocycles. The Balaban J connectivity index is 2.01. The molecule has 0 spiro atoms. The lowest BCUT2D eigenvalue weighted by Gasteiger charge is -2.15. The van der Waals surface area contributed by atoms with Crippen molar-refractivity contribution in [1.82, 2.24) is 19.9 Å². The van der Waals surface area contributed by atoms with E-state index < -0.39 is 6.10 Å². The van der Waals surface area contributed by atoms with Crippen LogP contribution in [0.3, 0.4) is 0 Å². The molecule has 6 nitrogen and oxygen atoms in total. The van der Waals surface area contributed by atoms with E-state index >= 15 is 0 Å². The smallest absolute Gasteiger partial charge is 0.253 e. The Morgan fingerprint density at radius 1 is 1.45 bits per heavy atom. The third-order valence-electron chi connectivity index (χ3n) is 2.85. The SMILES string of the molecule is CC(O)CC(C)NC(=O)c1ccc(-n2ccnc2)nc1. The van der Waals surface area contributed by atoms with Crippen molar-refractivity contribution >= 4 is 5.91 Å². The van der Waals surface area contributed by atoms with E-state index in [4.69, 9.17) is 0 Å². The summed E-state index contributed by atoms with van der Waals surface area (Å²) in [7, 11) is 0. The molecule has 2 N–H and O–H groups in total. The van der Waals surface area contributed by atoms with E-state index in [0.29, 0.717) is 17.8 Å². The highest BCUT2D eigenvalue weighted by atomic mass is 16.3. The highest BCUT2D eigenvalue weighted by Crippen LogP contribution is 2.06. The summed E-state index contributed by atoms with van der Waals surface area (Å²) in [5.74, 6) is 0.513. The van der Waals surface area contributed by atoms with Crippen LogP contribution in [0.15, 0.2) is 37.1 Å². The molecule has 0 saturated carbocycles. The zero-order chi connectivity index (χ0) is 14.5. The van der Waals surface area contributed by atoms with Crippen LogP contribution in [0.1, 0.15) is 30.6 Å². The number of aliphatic hydroxyl groups excluding tert-OH is 1. The highest BCUT2D eigenvalue weighted by molar-refractivity contribution is 5.94. The van der Waals surface area contributed by atoms with Gasteiger partial charge in [-0.1, -0.05) is 0 Å². The van der Waals surface area contributed by atoms with Gasteiger partial charge in [0.2, 0.25) is 0 Å². The van der Waals surface area contributed by atoms with Crippen LogP contribution in [0.4, 0.5) is 0 Å². The van der Waals surface area contributed by atoms with Crippen molar-refractivity contribution in [1.29, 1.82) is 0 Å². The molecule has 0 radical (unpaired) electrons. The molecule has 2 heterocycles. The second-order valence-corrected chi connectivity index (χ2v) is 4.83. The first kappa shape index (κ1) is 14.2. The van der Waals surface area contributed by atoms with Crippen LogP contribution >= 0.6 is 0 Å². The van der Waals surface area contributed by atoms with E-state index in [2.05, 4.69) is 15.3 Å². The Kier molecular flexibility index (Phi) is 4.47. The van der Waals surface area contributed by atoms with Gasteiger partial charge >= 0.3 is 0 Å². The second-order valence-electron chi connectivity index (χ2n) is 4.83. The van der Waals surface area contributed by atoms with Crippen molar-refractivity contribution in [3.05, 3.63) is 42.6 Å². The molecule has 2 unspecified atom stereocenters. The number of amides is 1. The van der Waals surface area contributed by atoms with Gasteiger partial charge in [0.15, 0.2) is 0 Å². The van der Waals surface area contributed by atoms with E-state index in [1.807, 2.05) is 6.92 Å². The minimum atomic E-state index is -0.438. The number of pyridine rings is 1. The van der Waals surface area contributed by atoms with Gasteiger partial charge in [0, 0.05) is 24.6 Å². The number of imidazole rings is 1. The van der Waals surface area contributed by atoms with Crippen molar-refractivity contribution in [2.45, 2.75) is 32.4 Å². The van der Waals surface area contributed by atoms with Gasteiger partial charge in [0.1, 0.15) is 12.1 Å². The molecule has 1 amide bonds. The van der Waals surface area contributed by atoms with Gasteiger partial charge in [0.25, 0.3) is 5.91 Å². The Labute approximate surface area is 117 Å². The molecule has 0 bridgehead atoms. The molecule has 0 aliphatic rings. The number of rotatable bonds is 5. The number of nitrogens with one attached hydrogen (secondary N) is 1. The van der Waals surface area contributed by atoms with Crippen LogP contribution in [0.2, 0.25) is 0 Å². The van der Waals surface area contributed by atoms with Crippen molar-refractivity contribution in [3.63, 3.8) is 0 Å². The molecule has 0 saturated heterocycles. The number of hydrogen-bond donors (Lipinski definition) is 2. The largest absolute Gasteiger partial charge is 0.393 e. The van der Waals surface area contributed by atoms with Crippen molar-refractivity contribution in [2.75, 3.05) is 0 Å². The van der Waals surface area contributed by atoms with E-state index in [1.165, 1.54) is 6.20 Å². The van der Waals surface area contributed by atoms with Crippen LogP contribution in [0.25, 0.3) is 5.82 Å². The first-order chi connectivity index (χ1) is 9.56. The summed E-state index contributed by atoms with van der Waals surface area (Å²) in [5, 5.41) is 12.1. The van der Waals surface area contributed by atoms with E-state index in [1.54, 1.807) is 42.3 Å². The lowest BCUT2D eigenvalue weighted by molar-refractivity contribution is 0.0922. The number of carbonyl (C=O) groups excluding carboxylic acids is 1. The quantitative estimate of drug-likeness (QED) is 0.857. The normalized spacial score (nSPS) is 13.8. The van der Waals surface area contributed by atoms with Gasteiger partial charge in [-0.25, -0.2) is 9.97 Å².